The third kappa shape index (κ3) is 4.19. The minimum atomic E-state index is 0.0663. The van der Waals surface area contributed by atoms with E-state index in [0.29, 0.717) is 5.75 Å². The summed E-state index contributed by atoms with van der Waals surface area (Å²) in [5.74, 6) is 2.91. The maximum atomic E-state index is 5.61. The number of thiocarbonyl (C=S) groups is 1. The van der Waals surface area contributed by atoms with Gasteiger partial charge in [-0.05, 0) is 66.0 Å². The number of nitrogens with one attached hydrogen (secondary N) is 1. The Morgan fingerprint density at radius 3 is 2.21 bits per heavy atom. The number of rotatable bonds is 6. The van der Waals surface area contributed by atoms with Gasteiger partial charge in [-0.25, -0.2) is 0 Å². The number of nitrogens with zero attached hydrogens (tertiary/aromatic N) is 1. The second-order valence-electron chi connectivity index (χ2n) is 6.81. The van der Waals surface area contributed by atoms with Crippen LogP contribution in [-0.2, 0) is 12.8 Å². The van der Waals surface area contributed by atoms with Gasteiger partial charge in [0.15, 0.2) is 28.1 Å². The number of methoxy groups -OCH3 is 4. The van der Waals surface area contributed by atoms with Crippen molar-refractivity contribution >= 4 is 17.3 Å². The van der Waals surface area contributed by atoms with E-state index in [1.165, 1.54) is 11.1 Å². The molecule has 0 saturated carbocycles. The second kappa shape index (κ2) is 9.22. The Balaban J connectivity index is 2.04. The molecule has 1 N–H and O–H groups in total. The van der Waals surface area contributed by atoms with Crippen molar-refractivity contribution in [2.75, 3.05) is 42.0 Å². The molecule has 1 aliphatic heterocycles. The van der Waals surface area contributed by atoms with Crippen molar-refractivity contribution in [1.82, 2.24) is 10.2 Å². The molecule has 1 heterocycles. The fourth-order valence-corrected chi connectivity index (χ4v) is 4.08. The molecule has 0 aromatic heterocycles. The molecule has 7 heteroatoms. The molecule has 0 spiro atoms. The summed E-state index contributed by atoms with van der Waals surface area (Å²) in [6.45, 7) is 0.833. The van der Waals surface area contributed by atoms with Crippen LogP contribution in [0.3, 0.4) is 0 Å². The van der Waals surface area contributed by atoms with Crippen LogP contribution >= 0.6 is 12.2 Å². The van der Waals surface area contributed by atoms with Crippen molar-refractivity contribution in [1.29, 1.82) is 0 Å². The quantitative estimate of drug-likeness (QED) is 0.725. The zero-order valence-electron chi connectivity index (χ0n) is 17.6. The number of fused-ring (bicyclic) bond motifs is 1. The summed E-state index contributed by atoms with van der Waals surface area (Å²) in [4.78, 5) is 2.24. The van der Waals surface area contributed by atoms with E-state index in [-0.39, 0.29) is 6.04 Å². The topological polar surface area (TPSA) is 52.2 Å². The molecule has 1 atom stereocenters. The van der Waals surface area contributed by atoms with Gasteiger partial charge >= 0.3 is 0 Å². The molecule has 0 radical (unpaired) electrons. The summed E-state index contributed by atoms with van der Waals surface area (Å²) in [6.07, 6.45) is 1.66. The average molecular weight is 417 g/mol. The van der Waals surface area contributed by atoms with Gasteiger partial charge < -0.3 is 29.2 Å². The summed E-state index contributed by atoms with van der Waals surface area (Å²) in [6, 6.07) is 10.2. The first-order valence-electron chi connectivity index (χ1n) is 9.50. The Kier molecular flexibility index (Phi) is 6.69. The molecule has 0 bridgehead atoms. The average Bonchev–Trinajstić information content (AvgIpc) is 2.77. The summed E-state index contributed by atoms with van der Waals surface area (Å²) in [5, 5.41) is 3.86. The monoisotopic (exact) mass is 416 g/mol. The summed E-state index contributed by atoms with van der Waals surface area (Å²) >= 11 is 5.61. The van der Waals surface area contributed by atoms with Gasteiger partial charge in [0.2, 0.25) is 0 Å². The van der Waals surface area contributed by atoms with E-state index in [1.807, 2.05) is 19.2 Å². The van der Waals surface area contributed by atoms with Gasteiger partial charge in [-0.2, -0.15) is 0 Å². The molecule has 2 aromatic carbocycles. The van der Waals surface area contributed by atoms with Crippen LogP contribution in [0.5, 0.6) is 23.0 Å². The second-order valence-corrected chi connectivity index (χ2v) is 7.20. The van der Waals surface area contributed by atoms with Crippen LogP contribution in [0, 0.1) is 0 Å². The van der Waals surface area contributed by atoms with Crippen LogP contribution in [0.2, 0.25) is 0 Å². The highest BCUT2D eigenvalue weighted by Crippen LogP contribution is 2.40. The van der Waals surface area contributed by atoms with Crippen LogP contribution in [0.1, 0.15) is 22.7 Å². The molecule has 0 aliphatic carbocycles. The Labute approximate surface area is 177 Å². The van der Waals surface area contributed by atoms with Gasteiger partial charge in [-0.3, -0.25) is 0 Å². The molecule has 0 unspecified atom stereocenters. The zero-order valence-corrected chi connectivity index (χ0v) is 18.4. The van der Waals surface area contributed by atoms with E-state index < -0.39 is 0 Å². The van der Waals surface area contributed by atoms with E-state index >= 15 is 0 Å². The Bertz CT molecular complexity index is 887. The molecule has 3 rings (SSSR count). The Morgan fingerprint density at radius 2 is 1.59 bits per heavy atom. The number of hydrogen-bond donors (Lipinski definition) is 1. The zero-order chi connectivity index (χ0) is 21.0. The van der Waals surface area contributed by atoms with E-state index in [9.17, 15) is 0 Å². The smallest absolute Gasteiger partial charge is 0.169 e. The molecule has 156 valence electrons. The highest BCUT2D eigenvalue weighted by Gasteiger charge is 2.30. The lowest BCUT2D eigenvalue weighted by molar-refractivity contribution is 0.290. The van der Waals surface area contributed by atoms with Gasteiger partial charge in [-0.1, -0.05) is 6.07 Å². The molecule has 29 heavy (non-hydrogen) atoms. The highest BCUT2D eigenvalue weighted by atomic mass is 32.1. The maximum Gasteiger partial charge on any atom is 0.169 e. The lowest BCUT2D eigenvalue weighted by atomic mass is 9.88. The third-order valence-corrected chi connectivity index (χ3v) is 5.79. The van der Waals surface area contributed by atoms with Crippen molar-refractivity contribution < 1.29 is 18.9 Å². The molecule has 0 fully saturated rings. The van der Waals surface area contributed by atoms with Gasteiger partial charge in [0.05, 0.1) is 34.5 Å². The normalized spacial score (nSPS) is 15.3. The lowest BCUT2D eigenvalue weighted by Gasteiger charge is -2.39. The Morgan fingerprint density at radius 1 is 0.966 bits per heavy atom. The van der Waals surface area contributed by atoms with Crippen molar-refractivity contribution in [2.45, 2.75) is 18.9 Å². The van der Waals surface area contributed by atoms with E-state index in [2.05, 4.69) is 28.4 Å². The highest BCUT2D eigenvalue weighted by molar-refractivity contribution is 7.80. The SMILES string of the molecule is CNC(=S)N1CCc2cc(OC)c(OC)cc2[C@H]1Cc1ccc(OC)c(OC)c1. The van der Waals surface area contributed by atoms with Crippen molar-refractivity contribution in [3.63, 3.8) is 0 Å². The van der Waals surface area contributed by atoms with Crippen molar-refractivity contribution in [2.24, 2.45) is 0 Å². The van der Waals surface area contributed by atoms with Gasteiger partial charge in [-0.15, -0.1) is 0 Å². The van der Waals surface area contributed by atoms with Crippen LogP contribution in [0.25, 0.3) is 0 Å². The van der Waals surface area contributed by atoms with Crippen LogP contribution in [0.15, 0.2) is 30.3 Å². The Hall–Kier alpha value is -2.67. The third-order valence-electron chi connectivity index (χ3n) is 5.35. The molecule has 1 aliphatic rings. The first-order chi connectivity index (χ1) is 14.1. The lowest BCUT2D eigenvalue weighted by Crippen LogP contribution is -2.45. The molecule has 0 amide bonds. The standard InChI is InChI=1S/C22H28N2O4S/c1-23-22(29)24-9-8-15-12-20(27-4)21(28-5)13-16(15)17(24)10-14-6-7-18(25-2)19(11-14)26-3/h6-7,11-13,17H,8-10H2,1-5H3,(H,23,29)/t17-/m1/s1. The van der Waals surface area contributed by atoms with Crippen LogP contribution in [-0.4, -0.2) is 52.0 Å². The minimum absolute atomic E-state index is 0.0663. The van der Waals surface area contributed by atoms with E-state index in [1.54, 1.807) is 28.4 Å². The first-order valence-corrected chi connectivity index (χ1v) is 9.91. The van der Waals surface area contributed by atoms with Gasteiger partial charge in [0, 0.05) is 13.6 Å². The fraction of sp³-hybridized carbons (Fsp3) is 0.409. The van der Waals surface area contributed by atoms with Crippen LogP contribution in [0.4, 0.5) is 0 Å². The molecule has 2 aromatic rings. The molecular formula is C22H28N2O4S. The van der Waals surface area contributed by atoms with Crippen molar-refractivity contribution in [3.05, 3.63) is 47.0 Å². The van der Waals surface area contributed by atoms with Crippen LogP contribution < -0.4 is 24.3 Å². The number of hydrogen-bond acceptors (Lipinski definition) is 5. The maximum absolute atomic E-state index is 5.61. The van der Waals surface area contributed by atoms with E-state index in [4.69, 9.17) is 31.2 Å². The molecule has 0 saturated heterocycles. The summed E-state index contributed by atoms with van der Waals surface area (Å²) in [7, 11) is 8.47. The molecular weight excluding hydrogens is 388 g/mol. The fourth-order valence-electron chi connectivity index (χ4n) is 3.87. The molecule has 6 nitrogen and oxygen atoms in total. The minimum Gasteiger partial charge on any atom is -0.493 e. The predicted molar refractivity (Wildman–Crippen MR) is 118 cm³/mol. The summed E-state index contributed by atoms with van der Waals surface area (Å²) in [5.41, 5.74) is 3.59. The van der Waals surface area contributed by atoms with E-state index in [0.717, 1.165) is 47.3 Å². The predicted octanol–water partition coefficient (Wildman–Crippen LogP) is 3.37. The number of benzene rings is 2. The largest absolute Gasteiger partial charge is 0.493 e. The van der Waals surface area contributed by atoms with Gasteiger partial charge in [0.1, 0.15) is 0 Å². The first kappa shape index (κ1) is 21.0. The summed E-state index contributed by atoms with van der Waals surface area (Å²) < 4.78 is 21.9. The van der Waals surface area contributed by atoms with Crippen molar-refractivity contribution in [3.8, 4) is 23.0 Å². The van der Waals surface area contributed by atoms with Gasteiger partial charge in [0.25, 0.3) is 0 Å². The number of ether oxygens (including phenoxy) is 4.